The number of aromatic nitrogens is 2. The van der Waals surface area contributed by atoms with Crippen LogP contribution in [0.25, 0.3) is 11.1 Å². The summed E-state index contributed by atoms with van der Waals surface area (Å²) in [6.45, 7) is 0.918. The number of carboxylic acids is 1. The molecular formula is C26H30N4O6. The number of methoxy groups -OCH3 is 1. The summed E-state index contributed by atoms with van der Waals surface area (Å²) >= 11 is 0. The van der Waals surface area contributed by atoms with Crippen LogP contribution in [-0.4, -0.2) is 70.6 Å². The summed E-state index contributed by atoms with van der Waals surface area (Å²) in [5.41, 5.74) is 3.04. The fourth-order valence-corrected chi connectivity index (χ4v) is 3.64. The lowest BCUT2D eigenvalue weighted by Crippen LogP contribution is -2.40. The molecule has 2 amide bonds. The first-order chi connectivity index (χ1) is 17.4. The minimum absolute atomic E-state index is 0.0220. The van der Waals surface area contributed by atoms with Crippen LogP contribution in [0.2, 0.25) is 0 Å². The van der Waals surface area contributed by atoms with E-state index in [0.29, 0.717) is 26.0 Å². The lowest BCUT2D eigenvalue weighted by Gasteiger charge is -2.20. The molecule has 0 aliphatic heterocycles. The zero-order valence-electron chi connectivity index (χ0n) is 19.9. The fraction of sp³-hybridized carbons (Fsp3) is 0.308. The van der Waals surface area contributed by atoms with Gasteiger partial charge in [0, 0.05) is 38.8 Å². The van der Waals surface area contributed by atoms with E-state index in [0.717, 1.165) is 16.7 Å². The topological polar surface area (TPSA) is 154 Å². The number of carbonyl (C=O) groups is 3. The molecule has 3 rings (SSSR count). The van der Waals surface area contributed by atoms with Gasteiger partial charge in [-0.05, 0) is 29.5 Å². The number of hydrogen-bond donors (Lipinski definition) is 5. The maximum absolute atomic E-state index is 12.8. The molecule has 5 N–H and O–H groups in total. The van der Waals surface area contributed by atoms with E-state index in [9.17, 15) is 19.5 Å². The summed E-state index contributed by atoms with van der Waals surface area (Å²) in [6.07, 6.45) is -0.906. The van der Waals surface area contributed by atoms with Gasteiger partial charge in [0.15, 0.2) is 11.8 Å². The van der Waals surface area contributed by atoms with Gasteiger partial charge >= 0.3 is 5.97 Å². The van der Waals surface area contributed by atoms with Crippen molar-refractivity contribution < 1.29 is 29.3 Å². The normalized spacial score (nSPS) is 12.5. The third kappa shape index (κ3) is 7.76. The number of hydrogen-bond acceptors (Lipinski definition) is 6. The van der Waals surface area contributed by atoms with Crippen molar-refractivity contribution in [2.45, 2.75) is 31.4 Å². The van der Waals surface area contributed by atoms with Crippen molar-refractivity contribution in [3.8, 4) is 11.1 Å². The minimum atomic E-state index is -1.65. The number of aromatic amines is 1. The second-order valence-electron chi connectivity index (χ2n) is 8.30. The molecule has 0 aliphatic rings. The molecular weight excluding hydrogens is 464 g/mol. The average Bonchev–Trinajstić information content (AvgIpc) is 3.38. The van der Waals surface area contributed by atoms with Crippen LogP contribution < -0.4 is 10.6 Å². The highest BCUT2D eigenvalue weighted by molar-refractivity contribution is 5.97. The van der Waals surface area contributed by atoms with Gasteiger partial charge in [-0.3, -0.25) is 14.7 Å². The van der Waals surface area contributed by atoms with E-state index in [4.69, 9.17) is 9.84 Å². The van der Waals surface area contributed by atoms with E-state index in [1.807, 2.05) is 54.6 Å². The Balaban J connectivity index is 1.66. The molecule has 0 radical (unpaired) electrons. The molecule has 36 heavy (non-hydrogen) atoms. The number of nitrogens with zero attached hydrogens (tertiary/aromatic N) is 1. The van der Waals surface area contributed by atoms with Gasteiger partial charge in [0.25, 0.3) is 11.8 Å². The number of aliphatic carboxylic acids is 1. The van der Waals surface area contributed by atoms with Gasteiger partial charge in [-0.1, -0.05) is 54.6 Å². The zero-order chi connectivity index (χ0) is 25.9. The zero-order valence-corrected chi connectivity index (χ0v) is 19.9. The summed E-state index contributed by atoms with van der Waals surface area (Å²) in [5, 5.41) is 30.9. The lowest BCUT2D eigenvalue weighted by atomic mass is 9.97. The van der Waals surface area contributed by atoms with Gasteiger partial charge in [0.2, 0.25) is 0 Å². The number of H-pyrrole nitrogens is 1. The molecule has 0 saturated carbocycles. The number of benzene rings is 2. The maximum Gasteiger partial charge on any atom is 0.332 e. The van der Waals surface area contributed by atoms with Gasteiger partial charge in [0.05, 0.1) is 0 Å². The SMILES string of the molecule is COCCCNC(=O)c1cc(C(=O)N[C@H](Cc2ccc(-c3ccccc3)cc2)C[C@@H](O)C(=O)O)n[nH]1. The Kier molecular flexibility index (Phi) is 9.73. The maximum atomic E-state index is 12.8. The standard InChI is InChI=1S/C26H30N4O6/c1-36-13-5-12-27-24(32)21-16-22(30-29-21)25(33)28-20(15-23(31)26(34)35)14-17-8-10-19(11-9-17)18-6-3-2-4-7-18/h2-4,6-11,16,20,23,31H,5,12-15H2,1H3,(H,27,32)(H,28,33)(H,29,30)(H,34,35)/t20-,23-/m1/s1. The highest BCUT2D eigenvalue weighted by atomic mass is 16.5. The number of aliphatic hydroxyl groups excluding tert-OH is 1. The predicted octanol–water partition coefficient (Wildman–Crippen LogP) is 2.02. The third-order valence-corrected chi connectivity index (χ3v) is 5.54. The van der Waals surface area contributed by atoms with Gasteiger partial charge in [-0.15, -0.1) is 0 Å². The highest BCUT2D eigenvalue weighted by Crippen LogP contribution is 2.20. The number of carboxylic acid groups (broad SMARTS) is 1. The number of aliphatic hydroxyl groups is 1. The van der Waals surface area contributed by atoms with E-state index in [2.05, 4.69) is 20.8 Å². The quantitative estimate of drug-likeness (QED) is 0.228. The Morgan fingerprint density at radius 1 is 1.03 bits per heavy atom. The molecule has 0 bridgehead atoms. The summed E-state index contributed by atoms with van der Waals surface area (Å²) in [5.74, 6) is -2.37. The van der Waals surface area contributed by atoms with Crippen molar-refractivity contribution in [2.75, 3.05) is 20.3 Å². The largest absolute Gasteiger partial charge is 0.479 e. The van der Waals surface area contributed by atoms with Gasteiger partial charge < -0.3 is 25.6 Å². The number of carbonyl (C=O) groups excluding carboxylic acids is 2. The average molecular weight is 495 g/mol. The number of ether oxygens (including phenoxy) is 1. The number of rotatable bonds is 13. The first-order valence-corrected chi connectivity index (χ1v) is 11.6. The van der Waals surface area contributed by atoms with Crippen LogP contribution in [0.1, 0.15) is 39.4 Å². The first kappa shape index (κ1) is 26.6. The summed E-state index contributed by atoms with van der Waals surface area (Å²) in [6, 6.07) is 18.2. The van der Waals surface area contributed by atoms with Crippen LogP contribution in [0.15, 0.2) is 60.7 Å². The van der Waals surface area contributed by atoms with Crippen molar-refractivity contribution in [1.29, 1.82) is 0 Å². The molecule has 0 fully saturated rings. The van der Waals surface area contributed by atoms with Gasteiger partial charge in [-0.25, -0.2) is 4.79 Å². The monoisotopic (exact) mass is 494 g/mol. The Hall–Kier alpha value is -4.02. The second kappa shape index (κ2) is 13.2. The van der Waals surface area contributed by atoms with E-state index in [1.165, 1.54) is 6.07 Å². The third-order valence-electron chi connectivity index (χ3n) is 5.54. The smallest absolute Gasteiger partial charge is 0.332 e. The molecule has 0 spiro atoms. The minimum Gasteiger partial charge on any atom is -0.479 e. The van der Waals surface area contributed by atoms with Crippen molar-refractivity contribution >= 4 is 17.8 Å². The van der Waals surface area contributed by atoms with Crippen molar-refractivity contribution in [3.63, 3.8) is 0 Å². The Labute approximate surface area is 208 Å². The van der Waals surface area contributed by atoms with E-state index in [-0.39, 0.29) is 17.8 Å². The van der Waals surface area contributed by atoms with E-state index >= 15 is 0 Å². The van der Waals surface area contributed by atoms with Crippen LogP contribution in [0.3, 0.4) is 0 Å². The van der Waals surface area contributed by atoms with Crippen molar-refractivity contribution in [2.24, 2.45) is 0 Å². The summed E-state index contributed by atoms with van der Waals surface area (Å²) in [7, 11) is 1.57. The van der Waals surface area contributed by atoms with Crippen LogP contribution in [-0.2, 0) is 16.0 Å². The molecule has 0 aliphatic carbocycles. The summed E-state index contributed by atoms with van der Waals surface area (Å²) < 4.78 is 4.93. The Morgan fingerprint density at radius 3 is 2.39 bits per heavy atom. The summed E-state index contributed by atoms with van der Waals surface area (Å²) in [4.78, 5) is 36.2. The molecule has 0 unspecified atom stereocenters. The number of nitrogens with one attached hydrogen (secondary N) is 3. The molecule has 190 valence electrons. The van der Waals surface area contributed by atoms with E-state index in [1.54, 1.807) is 7.11 Å². The predicted molar refractivity (Wildman–Crippen MR) is 133 cm³/mol. The molecule has 2 aromatic carbocycles. The van der Waals surface area contributed by atoms with Crippen LogP contribution in [0.5, 0.6) is 0 Å². The van der Waals surface area contributed by atoms with Crippen molar-refractivity contribution in [1.82, 2.24) is 20.8 Å². The van der Waals surface area contributed by atoms with Crippen LogP contribution >= 0.6 is 0 Å². The van der Waals surface area contributed by atoms with Gasteiger partial charge in [0.1, 0.15) is 5.69 Å². The second-order valence-corrected chi connectivity index (χ2v) is 8.30. The molecule has 1 aromatic heterocycles. The van der Waals surface area contributed by atoms with Crippen LogP contribution in [0, 0.1) is 0 Å². The van der Waals surface area contributed by atoms with E-state index < -0.39 is 29.9 Å². The molecule has 10 heteroatoms. The lowest BCUT2D eigenvalue weighted by molar-refractivity contribution is -0.147. The Bertz CT molecular complexity index is 1150. The molecule has 1 heterocycles. The number of amides is 2. The van der Waals surface area contributed by atoms with Crippen LogP contribution in [0.4, 0.5) is 0 Å². The first-order valence-electron chi connectivity index (χ1n) is 11.6. The molecule has 3 aromatic rings. The molecule has 0 saturated heterocycles. The molecule has 10 nitrogen and oxygen atoms in total. The van der Waals surface area contributed by atoms with Crippen molar-refractivity contribution in [3.05, 3.63) is 77.6 Å². The highest BCUT2D eigenvalue weighted by Gasteiger charge is 2.24. The fourth-order valence-electron chi connectivity index (χ4n) is 3.64. The molecule has 2 atom stereocenters. The Morgan fingerprint density at radius 2 is 1.72 bits per heavy atom. The van der Waals surface area contributed by atoms with Gasteiger partial charge in [-0.2, -0.15) is 5.10 Å².